The lowest BCUT2D eigenvalue weighted by molar-refractivity contribution is 0.0996. The molecular formula is C17H21N7O2. The number of nitrogens with zero attached hydrogens (tertiary/aromatic N) is 2. The summed E-state index contributed by atoms with van der Waals surface area (Å²) >= 11 is 0. The first kappa shape index (κ1) is 16.4. The first-order valence-electron chi connectivity index (χ1n) is 8.52. The van der Waals surface area contributed by atoms with Crippen LogP contribution in [0.5, 0.6) is 0 Å². The Morgan fingerprint density at radius 2 is 2.00 bits per heavy atom. The van der Waals surface area contributed by atoms with Gasteiger partial charge in [-0.05, 0) is 24.3 Å². The number of hydrogen-bond donors (Lipinski definition) is 5. The molecular weight excluding hydrogens is 334 g/mol. The zero-order valence-corrected chi connectivity index (χ0v) is 14.2. The van der Waals surface area contributed by atoms with E-state index in [1.807, 2.05) is 24.3 Å². The monoisotopic (exact) mass is 355 g/mol. The van der Waals surface area contributed by atoms with Crippen molar-refractivity contribution in [2.24, 2.45) is 5.73 Å². The number of carbonyl (C=O) groups excluding carboxylic acids is 1. The van der Waals surface area contributed by atoms with Crippen LogP contribution in [0.3, 0.4) is 0 Å². The summed E-state index contributed by atoms with van der Waals surface area (Å²) in [5.74, 6) is -0.258. The topological polar surface area (TPSA) is 120 Å². The van der Waals surface area contributed by atoms with Gasteiger partial charge in [-0.2, -0.15) is 4.98 Å². The number of nitrogens with one attached hydrogen (secondary N) is 4. The fourth-order valence-corrected chi connectivity index (χ4v) is 3.04. The molecule has 2 aromatic rings. The maximum atomic E-state index is 11.8. The van der Waals surface area contributed by atoms with Crippen LogP contribution in [0.15, 0.2) is 40.6 Å². The number of amides is 1. The number of hydrazine groups is 1. The lowest BCUT2D eigenvalue weighted by Gasteiger charge is -2.29. The Balaban J connectivity index is 1.59. The number of carbonyl (C=O) groups is 1. The summed E-state index contributed by atoms with van der Waals surface area (Å²) in [7, 11) is 0. The maximum Gasteiger partial charge on any atom is 0.300 e. The Kier molecular flexibility index (Phi) is 4.46. The normalized spacial score (nSPS) is 16.9. The number of nitrogens with two attached hydrogens (primary N) is 1. The van der Waals surface area contributed by atoms with Gasteiger partial charge in [-0.25, -0.2) is 5.43 Å². The summed E-state index contributed by atoms with van der Waals surface area (Å²) in [6, 6.07) is 8.12. The van der Waals surface area contributed by atoms with Gasteiger partial charge in [0.1, 0.15) is 0 Å². The Bertz CT molecular complexity index is 822. The van der Waals surface area contributed by atoms with Crippen molar-refractivity contribution in [2.45, 2.75) is 0 Å². The molecule has 0 saturated carbocycles. The minimum Gasteiger partial charge on any atom is -0.422 e. The summed E-state index contributed by atoms with van der Waals surface area (Å²) < 4.78 is 5.77. The lowest BCUT2D eigenvalue weighted by Crippen LogP contribution is -2.43. The van der Waals surface area contributed by atoms with E-state index in [2.05, 4.69) is 31.4 Å². The van der Waals surface area contributed by atoms with Gasteiger partial charge >= 0.3 is 0 Å². The van der Waals surface area contributed by atoms with Gasteiger partial charge in [0.25, 0.3) is 11.9 Å². The van der Waals surface area contributed by atoms with Crippen LogP contribution in [0, 0.1) is 0 Å². The van der Waals surface area contributed by atoms with Crippen LogP contribution >= 0.6 is 0 Å². The van der Waals surface area contributed by atoms with Crippen LogP contribution in [-0.4, -0.2) is 43.6 Å². The van der Waals surface area contributed by atoms with Gasteiger partial charge in [0.15, 0.2) is 11.5 Å². The molecule has 4 rings (SSSR count). The van der Waals surface area contributed by atoms with Crippen molar-refractivity contribution >= 4 is 17.6 Å². The van der Waals surface area contributed by atoms with Crippen LogP contribution < -0.4 is 32.1 Å². The second-order valence-corrected chi connectivity index (χ2v) is 6.14. The van der Waals surface area contributed by atoms with E-state index < -0.39 is 5.91 Å². The van der Waals surface area contributed by atoms with Crippen LogP contribution in [-0.2, 0) is 0 Å². The van der Waals surface area contributed by atoms with Crippen LogP contribution in [0.2, 0.25) is 0 Å². The number of oxazole rings is 1. The summed E-state index contributed by atoms with van der Waals surface area (Å²) in [6.07, 6.45) is 1.76. The van der Waals surface area contributed by atoms with Crippen LogP contribution in [0.1, 0.15) is 10.5 Å². The van der Waals surface area contributed by atoms with Gasteiger partial charge in [0.2, 0.25) is 0 Å². The minimum absolute atomic E-state index is 0.113. The number of benzene rings is 1. The third-order valence-corrected chi connectivity index (χ3v) is 4.37. The summed E-state index contributed by atoms with van der Waals surface area (Å²) in [6.45, 7) is 4.50. The lowest BCUT2D eigenvalue weighted by atomic mass is 10.1. The number of aromatic nitrogens is 1. The van der Waals surface area contributed by atoms with Gasteiger partial charge in [-0.1, -0.05) is 0 Å². The molecule has 1 saturated heterocycles. The number of hydrogen-bond acceptors (Lipinski definition) is 8. The average Bonchev–Trinajstić information content (AvgIpc) is 3.33. The van der Waals surface area contributed by atoms with Gasteiger partial charge in [0, 0.05) is 43.6 Å². The van der Waals surface area contributed by atoms with Gasteiger partial charge in [0.05, 0.1) is 12.2 Å². The Labute approximate surface area is 150 Å². The molecule has 0 atom stereocenters. The standard InChI is InChI=1S/C17H21N7O2/c18-16(25)14-15(26-17(23-14)22-12-9-20-21-10-12)11-1-3-13(4-2-11)24-7-5-19-6-8-24/h1-4,9,19-21H,5-8,10H2,(H2,18,25)(H,22,23). The molecule has 2 aliphatic rings. The maximum absolute atomic E-state index is 11.8. The molecule has 0 unspecified atom stereocenters. The number of piperazine rings is 1. The molecule has 0 bridgehead atoms. The van der Waals surface area contributed by atoms with E-state index in [0.717, 1.165) is 43.1 Å². The van der Waals surface area contributed by atoms with Crippen molar-refractivity contribution in [1.82, 2.24) is 21.2 Å². The average molecular weight is 355 g/mol. The third kappa shape index (κ3) is 3.35. The van der Waals surface area contributed by atoms with Crippen molar-refractivity contribution in [3.8, 4) is 11.3 Å². The Morgan fingerprint density at radius 1 is 1.23 bits per heavy atom. The fourth-order valence-electron chi connectivity index (χ4n) is 3.04. The zero-order chi connectivity index (χ0) is 17.9. The summed E-state index contributed by atoms with van der Waals surface area (Å²) in [5.41, 5.74) is 14.1. The van der Waals surface area contributed by atoms with Crippen LogP contribution in [0.4, 0.5) is 11.7 Å². The zero-order valence-electron chi connectivity index (χ0n) is 14.2. The molecule has 2 aliphatic heterocycles. The van der Waals surface area contributed by atoms with Crippen molar-refractivity contribution < 1.29 is 9.21 Å². The third-order valence-electron chi connectivity index (χ3n) is 4.37. The molecule has 1 aromatic heterocycles. The fraction of sp³-hybridized carbons (Fsp3) is 0.294. The molecule has 3 heterocycles. The Morgan fingerprint density at radius 3 is 2.65 bits per heavy atom. The van der Waals surface area contributed by atoms with Crippen molar-refractivity contribution in [3.05, 3.63) is 41.9 Å². The molecule has 0 radical (unpaired) electrons. The van der Waals surface area contributed by atoms with Gasteiger partial charge in [-0.15, -0.1) is 0 Å². The second-order valence-electron chi connectivity index (χ2n) is 6.14. The van der Waals surface area contributed by atoms with E-state index in [4.69, 9.17) is 10.2 Å². The summed E-state index contributed by atoms with van der Waals surface area (Å²) in [4.78, 5) is 18.3. The number of rotatable bonds is 5. The number of anilines is 2. The summed E-state index contributed by atoms with van der Waals surface area (Å²) in [5, 5.41) is 6.36. The van der Waals surface area contributed by atoms with Gasteiger partial charge in [-0.3, -0.25) is 4.79 Å². The highest BCUT2D eigenvalue weighted by molar-refractivity contribution is 5.97. The SMILES string of the molecule is NC(=O)c1nc(NC2=CNNC2)oc1-c1ccc(N2CCNCC2)cc1. The smallest absolute Gasteiger partial charge is 0.300 e. The van der Waals surface area contributed by atoms with E-state index in [0.29, 0.717) is 12.3 Å². The van der Waals surface area contributed by atoms with E-state index in [-0.39, 0.29) is 11.7 Å². The molecule has 1 fully saturated rings. The highest BCUT2D eigenvalue weighted by Crippen LogP contribution is 2.29. The molecule has 0 spiro atoms. The molecule has 6 N–H and O–H groups in total. The largest absolute Gasteiger partial charge is 0.422 e. The first-order chi connectivity index (χ1) is 12.7. The molecule has 1 amide bonds. The van der Waals surface area contributed by atoms with Crippen molar-refractivity contribution in [2.75, 3.05) is 42.9 Å². The highest BCUT2D eigenvalue weighted by Gasteiger charge is 2.21. The van der Waals surface area contributed by atoms with E-state index >= 15 is 0 Å². The highest BCUT2D eigenvalue weighted by atomic mass is 16.4. The second kappa shape index (κ2) is 7.06. The minimum atomic E-state index is -0.625. The molecule has 1 aromatic carbocycles. The Hall–Kier alpha value is -3.04. The van der Waals surface area contributed by atoms with Crippen molar-refractivity contribution in [1.29, 1.82) is 0 Å². The molecule has 9 nitrogen and oxygen atoms in total. The molecule has 136 valence electrons. The predicted octanol–water partition coefficient (Wildman–Crippen LogP) is 0.211. The predicted molar refractivity (Wildman–Crippen MR) is 98.4 cm³/mol. The molecule has 26 heavy (non-hydrogen) atoms. The first-order valence-corrected chi connectivity index (χ1v) is 8.52. The van der Waals surface area contributed by atoms with Crippen LogP contribution in [0.25, 0.3) is 11.3 Å². The number of primary amides is 1. The van der Waals surface area contributed by atoms with Crippen molar-refractivity contribution in [3.63, 3.8) is 0 Å². The molecule has 9 heteroatoms. The molecule has 0 aliphatic carbocycles. The van der Waals surface area contributed by atoms with E-state index in [1.54, 1.807) is 6.20 Å². The quantitative estimate of drug-likeness (QED) is 0.516. The van der Waals surface area contributed by atoms with E-state index in [1.165, 1.54) is 0 Å². The van der Waals surface area contributed by atoms with E-state index in [9.17, 15) is 4.79 Å². The van der Waals surface area contributed by atoms with Gasteiger partial charge < -0.3 is 31.1 Å².